The van der Waals surface area contributed by atoms with Crippen molar-refractivity contribution in [3.05, 3.63) is 58.2 Å². The molecular formula is C20H18N2O4S. The van der Waals surface area contributed by atoms with Crippen LogP contribution in [0.1, 0.15) is 33.5 Å². The fourth-order valence-electron chi connectivity index (χ4n) is 3.10. The number of nitrogens with zero attached hydrogens (tertiary/aromatic N) is 1. The Bertz CT molecular complexity index is 1020. The molecule has 0 fully saturated rings. The normalized spacial score (nSPS) is 13.4. The lowest BCUT2D eigenvalue weighted by atomic mass is 9.91. The van der Waals surface area contributed by atoms with Crippen LogP contribution < -0.4 is 5.32 Å². The van der Waals surface area contributed by atoms with Crippen molar-refractivity contribution >= 4 is 29.0 Å². The maximum absolute atomic E-state index is 12.5. The first kappa shape index (κ1) is 17.5. The number of carbonyl (C=O) groups excluding carboxylic acids is 2. The number of amides is 1. The van der Waals surface area contributed by atoms with Crippen molar-refractivity contribution < 1.29 is 18.8 Å². The molecular weight excluding hydrogens is 364 g/mol. The first-order chi connectivity index (χ1) is 13.0. The number of hydrogen-bond donors (Lipinski definition) is 1. The van der Waals surface area contributed by atoms with Gasteiger partial charge in [-0.3, -0.25) is 4.79 Å². The molecule has 1 aliphatic carbocycles. The lowest BCUT2D eigenvalue weighted by Crippen LogP contribution is -2.29. The van der Waals surface area contributed by atoms with Crippen molar-refractivity contribution in [2.45, 2.75) is 32.8 Å². The van der Waals surface area contributed by atoms with Crippen molar-refractivity contribution in [3.63, 3.8) is 0 Å². The van der Waals surface area contributed by atoms with Gasteiger partial charge in [-0.15, -0.1) is 11.3 Å². The summed E-state index contributed by atoms with van der Waals surface area (Å²) < 4.78 is 10.2. The quantitative estimate of drug-likeness (QED) is 0.690. The summed E-state index contributed by atoms with van der Waals surface area (Å²) in [4.78, 5) is 26.3. The van der Waals surface area contributed by atoms with Gasteiger partial charge in [0, 0.05) is 10.9 Å². The number of ether oxygens (including phenoxy) is 1. The third-order valence-corrected chi connectivity index (χ3v) is 5.66. The first-order valence-electron chi connectivity index (χ1n) is 8.67. The fourth-order valence-corrected chi connectivity index (χ4v) is 4.25. The Morgan fingerprint density at radius 2 is 2.00 bits per heavy atom. The van der Waals surface area contributed by atoms with Crippen LogP contribution >= 0.6 is 11.3 Å². The molecule has 1 aromatic carbocycles. The Kier molecular flexibility index (Phi) is 4.53. The molecule has 0 radical (unpaired) electrons. The average molecular weight is 382 g/mol. The zero-order chi connectivity index (χ0) is 19.0. The SMILES string of the molecule is Cc1cc(NC(=O)[C@H](C)OC(=O)c2cc3c(s2)-c2ccccc2CC3)no1. The van der Waals surface area contributed by atoms with Gasteiger partial charge in [0.25, 0.3) is 5.91 Å². The zero-order valence-electron chi connectivity index (χ0n) is 14.9. The Morgan fingerprint density at radius 1 is 1.22 bits per heavy atom. The second-order valence-corrected chi connectivity index (χ2v) is 7.53. The summed E-state index contributed by atoms with van der Waals surface area (Å²) in [5.74, 6) is -0.0721. The van der Waals surface area contributed by atoms with Crippen LogP contribution in [-0.2, 0) is 22.4 Å². The number of benzene rings is 1. The highest BCUT2D eigenvalue weighted by Gasteiger charge is 2.25. The van der Waals surface area contributed by atoms with Crippen molar-refractivity contribution in [1.82, 2.24) is 5.16 Å². The molecule has 6 nitrogen and oxygen atoms in total. The van der Waals surface area contributed by atoms with Crippen LogP contribution in [0.2, 0.25) is 0 Å². The molecule has 0 saturated carbocycles. The highest BCUT2D eigenvalue weighted by atomic mass is 32.1. The van der Waals surface area contributed by atoms with E-state index in [0.717, 1.165) is 23.3 Å². The lowest BCUT2D eigenvalue weighted by Gasteiger charge is -2.15. The summed E-state index contributed by atoms with van der Waals surface area (Å²) in [5.41, 5.74) is 3.62. The zero-order valence-corrected chi connectivity index (χ0v) is 15.8. The molecule has 1 amide bonds. The summed E-state index contributed by atoms with van der Waals surface area (Å²) in [6.45, 7) is 3.26. The van der Waals surface area contributed by atoms with E-state index in [1.807, 2.05) is 18.2 Å². The maximum atomic E-state index is 12.5. The van der Waals surface area contributed by atoms with Crippen molar-refractivity contribution in [2.75, 3.05) is 5.32 Å². The topological polar surface area (TPSA) is 81.4 Å². The molecule has 1 N–H and O–H groups in total. The van der Waals surface area contributed by atoms with Crippen LogP contribution in [0.5, 0.6) is 0 Å². The van der Waals surface area contributed by atoms with Gasteiger partial charge >= 0.3 is 5.97 Å². The van der Waals surface area contributed by atoms with Gasteiger partial charge in [0.05, 0.1) is 0 Å². The Labute approximate surface area is 160 Å². The molecule has 4 rings (SSSR count). The lowest BCUT2D eigenvalue weighted by molar-refractivity contribution is -0.123. The van der Waals surface area contributed by atoms with Crippen LogP contribution in [-0.4, -0.2) is 23.1 Å². The highest BCUT2D eigenvalue weighted by molar-refractivity contribution is 7.17. The number of hydrogen-bond acceptors (Lipinski definition) is 6. The van der Waals surface area contributed by atoms with Gasteiger partial charge in [0.1, 0.15) is 10.6 Å². The number of rotatable bonds is 4. The van der Waals surface area contributed by atoms with E-state index >= 15 is 0 Å². The van der Waals surface area contributed by atoms with E-state index < -0.39 is 18.0 Å². The summed E-state index contributed by atoms with van der Waals surface area (Å²) in [5, 5.41) is 6.26. The average Bonchev–Trinajstić information content (AvgIpc) is 3.27. The van der Waals surface area contributed by atoms with Crippen LogP contribution in [0, 0.1) is 6.92 Å². The Morgan fingerprint density at radius 3 is 2.78 bits per heavy atom. The van der Waals surface area contributed by atoms with Crippen molar-refractivity contribution in [1.29, 1.82) is 0 Å². The number of esters is 1. The molecule has 7 heteroatoms. The maximum Gasteiger partial charge on any atom is 0.349 e. The van der Waals surface area contributed by atoms with E-state index in [1.165, 1.54) is 29.4 Å². The minimum atomic E-state index is -0.944. The van der Waals surface area contributed by atoms with Crippen LogP contribution in [0.25, 0.3) is 10.4 Å². The molecule has 0 saturated heterocycles. The van der Waals surface area contributed by atoms with Crippen LogP contribution in [0.3, 0.4) is 0 Å². The second kappa shape index (κ2) is 7.00. The molecule has 1 atom stereocenters. The van der Waals surface area contributed by atoms with E-state index in [4.69, 9.17) is 9.26 Å². The number of aryl methyl sites for hydroxylation is 3. The molecule has 0 aliphatic heterocycles. The minimum absolute atomic E-state index is 0.295. The molecule has 3 aromatic rings. The Balaban J connectivity index is 1.46. The molecule has 1 aliphatic rings. The molecule has 0 unspecified atom stereocenters. The van der Waals surface area contributed by atoms with Gasteiger partial charge in [-0.1, -0.05) is 29.4 Å². The smallest absolute Gasteiger partial charge is 0.349 e. The van der Waals surface area contributed by atoms with Gasteiger partial charge in [-0.2, -0.15) is 0 Å². The molecule has 0 bridgehead atoms. The highest BCUT2D eigenvalue weighted by Crippen LogP contribution is 2.39. The monoisotopic (exact) mass is 382 g/mol. The van der Waals surface area contributed by atoms with E-state index in [0.29, 0.717) is 16.5 Å². The number of thiophene rings is 1. The van der Waals surface area contributed by atoms with E-state index in [-0.39, 0.29) is 0 Å². The number of nitrogens with one attached hydrogen (secondary N) is 1. The van der Waals surface area contributed by atoms with Gasteiger partial charge in [0.15, 0.2) is 11.9 Å². The number of anilines is 1. The number of carbonyl (C=O) groups is 2. The predicted octanol–water partition coefficient (Wildman–Crippen LogP) is 3.99. The standard InChI is InChI=1S/C20H18N2O4S/c1-11-9-17(22-26-11)21-19(23)12(2)25-20(24)16-10-14-8-7-13-5-3-4-6-15(13)18(14)27-16/h3-6,9-10,12H,7-8H2,1-2H3,(H,21,22,23)/t12-/m0/s1. The van der Waals surface area contributed by atoms with E-state index in [1.54, 1.807) is 13.0 Å². The number of aromatic nitrogens is 1. The van der Waals surface area contributed by atoms with Crippen LogP contribution in [0.15, 0.2) is 40.9 Å². The molecule has 0 spiro atoms. The number of fused-ring (bicyclic) bond motifs is 3. The predicted molar refractivity (Wildman–Crippen MR) is 102 cm³/mol. The van der Waals surface area contributed by atoms with Crippen molar-refractivity contribution in [3.8, 4) is 10.4 Å². The van der Waals surface area contributed by atoms with E-state index in [9.17, 15) is 9.59 Å². The van der Waals surface area contributed by atoms with Gasteiger partial charge in [-0.05, 0) is 49.4 Å². The van der Waals surface area contributed by atoms with E-state index in [2.05, 4.69) is 22.6 Å². The molecule has 2 aromatic heterocycles. The molecule has 2 heterocycles. The summed E-state index contributed by atoms with van der Waals surface area (Å²) >= 11 is 1.41. The summed E-state index contributed by atoms with van der Waals surface area (Å²) in [6, 6.07) is 11.7. The molecule has 138 valence electrons. The minimum Gasteiger partial charge on any atom is -0.448 e. The summed E-state index contributed by atoms with van der Waals surface area (Å²) in [6.07, 6.45) is 0.919. The van der Waals surface area contributed by atoms with Crippen molar-refractivity contribution in [2.24, 2.45) is 0 Å². The Hall–Kier alpha value is -2.93. The van der Waals surface area contributed by atoms with Crippen LogP contribution in [0.4, 0.5) is 5.82 Å². The first-order valence-corrected chi connectivity index (χ1v) is 9.49. The van der Waals surface area contributed by atoms with Gasteiger partial charge < -0.3 is 14.6 Å². The summed E-state index contributed by atoms with van der Waals surface area (Å²) in [7, 11) is 0. The fraction of sp³-hybridized carbons (Fsp3) is 0.250. The second-order valence-electron chi connectivity index (χ2n) is 6.48. The third kappa shape index (κ3) is 3.50. The largest absolute Gasteiger partial charge is 0.448 e. The van der Waals surface area contributed by atoms with Gasteiger partial charge in [0.2, 0.25) is 0 Å². The third-order valence-electron chi connectivity index (χ3n) is 4.47. The van der Waals surface area contributed by atoms with Gasteiger partial charge in [-0.25, -0.2) is 4.79 Å². The molecule has 27 heavy (non-hydrogen) atoms.